The predicted molar refractivity (Wildman–Crippen MR) is 120 cm³/mol. The fourth-order valence-corrected chi connectivity index (χ4v) is 3.91. The number of anilines is 1. The Labute approximate surface area is 185 Å². The van der Waals surface area contributed by atoms with E-state index in [2.05, 4.69) is 9.88 Å². The first-order chi connectivity index (χ1) is 15.7. The molecule has 32 heavy (non-hydrogen) atoms. The van der Waals surface area contributed by atoms with Gasteiger partial charge in [-0.25, -0.2) is 9.37 Å². The van der Waals surface area contributed by atoms with Crippen LogP contribution in [0.3, 0.4) is 0 Å². The van der Waals surface area contributed by atoms with E-state index in [1.807, 2.05) is 52.0 Å². The number of carbonyl (C=O) groups is 1. The van der Waals surface area contributed by atoms with Crippen LogP contribution in [0.5, 0.6) is 5.75 Å². The Morgan fingerprint density at radius 1 is 0.938 bits per heavy atom. The van der Waals surface area contributed by atoms with E-state index in [0.717, 1.165) is 30.1 Å². The van der Waals surface area contributed by atoms with E-state index in [0.29, 0.717) is 31.0 Å². The normalized spacial score (nSPS) is 14.0. The molecule has 1 amide bonds. The summed E-state index contributed by atoms with van der Waals surface area (Å²) in [6, 6.07) is 19.6. The molecule has 1 saturated heterocycles. The topological polar surface area (TPSA) is 50.1 Å². The number of fused-ring (bicyclic) bond motifs is 1. The summed E-state index contributed by atoms with van der Waals surface area (Å²) in [7, 11) is 0. The lowest BCUT2D eigenvalue weighted by atomic mass is 10.1. The van der Waals surface area contributed by atoms with Crippen LogP contribution in [0.15, 0.2) is 79.1 Å². The van der Waals surface area contributed by atoms with E-state index in [1.165, 1.54) is 12.1 Å². The lowest BCUT2D eigenvalue weighted by Crippen LogP contribution is -2.48. The van der Waals surface area contributed by atoms with E-state index >= 15 is 0 Å². The Hall–Kier alpha value is -3.87. The molecule has 162 valence electrons. The second-order valence-corrected chi connectivity index (χ2v) is 7.77. The van der Waals surface area contributed by atoms with Crippen molar-refractivity contribution in [2.45, 2.75) is 6.61 Å². The van der Waals surface area contributed by atoms with Gasteiger partial charge in [0.2, 0.25) is 0 Å². The third-order valence-corrected chi connectivity index (χ3v) is 5.66. The third-order valence-electron chi connectivity index (χ3n) is 5.66. The van der Waals surface area contributed by atoms with Crippen molar-refractivity contribution in [1.82, 2.24) is 14.3 Å². The average Bonchev–Trinajstić information content (AvgIpc) is 3.26. The maximum Gasteiger partial charge on any atom is 0.253 e. The Morgan fingerprint density at radius 3 is 2.41 bits per heavy atom. The molecule has 0 saturated carbocycles. The van der Waals surface area contributed by atoms with Gasteiger partial charge in [0.25, 0.3) is 5.91 Å². The van der Waals surface area contributed by atoms with Crippen LogP contribution in [0, 0.1) is 5.82 Å². The average molecular weight is 430 g/mol. The van der Waals surface area contributed by atoms with E-state index in [-0.39, 0.29) is 11.7 Å². The largest absolute Gasteiger partial charge is 0.487 e. The lowest BCUT2D eigenvalue weighted by molar-refractivity contribution is 0.0746. The molecular weight excluding hydrogens is 407 g/mol. The molecule has 0 spiro atoms. The van der Waals surface area contributed by atoms with E-state index in [1.54, 1.807) is 24.3 Å². The van der Waals surface area contributed by atoms with E-state index in [4.69, 9.17) is 4.74 Å². The second-order valence-electron chi connectivity index (χ2n) is 7.77. The van der Waals surface area contributed by atoms with Gasteiger partial charge in [0, 0.05) is 49.8 Å². The molecule has 0 radical (unpaired) electrons. The zero-order valence-electron chi connectivity index (χ0n) is 17.5. The summed E-state index contributed by atoms with van der Waals surface area (Å²) in [5, 5.41) is 0. The molecule has 0 N–H and O–H groups in total. The third kappa shape index (κ3) is 4.27. The van der Waals surface area contributed by atoms with Gasteiger partial charge in [0.1, 0.15) is 23.8 Å². The Bertz CT molecular complexity index is 1180. The molecular formula is C25H23FN4O2. The number of nitrogens with zero attached hydrogens (tertiary/aromatic N) is 4. The minimum atomic E-state index is -0.242. The fraction of sp³-hybridized carbons (Fsp3) is 0.200. The predicted octanol–water partition coefficient (Wildman–Crippen LogP) is 4.01. The molecule has 1 aliphatic heterocycles. The molecule has 0 aliphatic carbocycles. The smallest absolute Gasteiger partial charge is 0.253 e. The molecule has 6 nitrogen and oxygen atoms in total. The van der Waals surface area contributed by atoms with Crippen LogP contribution >= 0.6 is 0 Å². The fourth-order valence-electron chi connectivity index (χ4n) is 3.91. The number of ether oxygens (including phenoxy) is 1. The second kappa shape index (κ2) is 8.70. The van der Waals surface area contributed by atoms with Crippen LogP contribution < -0.4 is 9.64 Å². The zero-order valence-corrected chi connectivity index (χ0v) is 17.5. The molecule has 0 atom stereocenters. The minimum Gasteiger partial charge on any atom is -0.487 e. The highest BCUT2D eigenvalue weighted by molar-refractivity contribution is 5.94. The molecule has 2 aromatic heterocycles. The standard InChI is InChI=1S/C25H23FN4O2/c26-20-6-8-22(9-7-20)28-13-15-29(16-14-28)25(31)19-4-10-23(11-5-19)32-18-21-17-30-12-2-1-3-24(30)27-21/h1-12,17H,13-16,18H2. The molecule has 1 fully saturated rings. The number of hydrogen-bond acceptors (Lipinski definition) is 4. The van der Waals surface area contributed by atoms with Gasteiger partial charge in [-0.15, -0.1) is 0 Å². The van der Waals surface area contributed by atoms with Crippen molar-refractivity contribution in [1.29, 1.82) is 0 Å². The number of piperazine rings is 1. The summed E-state index contributed by atoms with van der Waals surface area (Å²) >= 11 is 0. The number of pyridine rings is 1. The quantitative estimate of drug-likeness (QED) is 0.480. The highest BCUT2D eigenvalue weighted by Crippen LogP contribution is 2.19. The van der Waals surface area contributed by atoms with Gasteiger partial charge in [0.15, 0.2) is 0 Å². The maximum atomic E-state index is 13.1. The van der Waals surface area contributed by atoms with Crippen molar-refractivity contribution in [3.05, 3.63) is 96.2 Å². The summed E-state index contributed by atoms with van der Waals surface area (Å²) in [4.78, 5) is 21.4. The number of amides is 1. The van der Waals surface area contributed by atoms with Gasteiger partial charge in [-0.05, 0) is 60.7 Å². The number of halogens is 1. The molecule has 0 bridgehead atoms. The zero-order chi connectivity index (χ0) is 21.9. The van der Waals surface area contributed by atoms with Crippen molar-refractivity contribution >= 4 is 17.2 Å². The first-order valence-corrected chi connectivity index (χ1v) is 10.6. The SMILES string of the molecule is O=C(c1ccc(OCc2cn3ccccc3n2)cc1)N1CCN(c2ccc(F)cc2)CC1. The monoisotopic (exact) mass is 430 g/mol. The Balaban J connectivity index is 1.16. The van der Waals surface area contributed by atoms with E-state index < -0.39 is 0 Å². The molecule has 1 aliphatic rings. The number of rotatable bonds is 5. The van der Waals surface area contributed by atoms with Crippen molar-refractivity contribution < 1.29 is 13.9 Å². The first kappa shape index (κ1) is 20.1. The Morgan fingerprint density at radius 2 is 1.69 bits per heavy atom. The van der Waals surface area contributed by atoms with Crippen molar-refractivity contribution in [2.24, 2.45) is 0 Å². The Kier molecular flexibility index (Phi) is 5.46. The van der Waals surface area contributed by atoms with Gasteiger partial charge < -0.3 is 18.9 Å². The number of carbonyl (C=O) groups excluding carboxylic acids is 1. The van der Waals surface area contributed by atoms with Crippen LogP contribution in [-0.4, -0.2) is 46.4 Å². The number of aromatic nitrogens is 2. The van der Waals surface area contributed by atoms with Gasteiger partial charge >= 0.3 is 0 Å². The van der Waals surface area contributed by atoms with Gasteiger partial charge in [-0.3, -0.25) is 4.79 Å². The van der Waals surface area contributed by atoms with Crippen molar-refractivity contribution in [2.75, 3.05) is 31.1 Å². The van der Waals surface area contributed by atoms with Crippen LogP contribution in [0.25, 0.3) is 5.65 Å². The van der Waals surface area contributed by atoms with Crippen molar-refractivity contribution in [3.8, 4) is 5.75 Å². The first-order valence-electron chi connectivity index (χ1n) is 10.6. The number of benzene rings is 2. The molecule has 3 heterocycles. The molecule has 0 unspecified atom stereocenters. The summed E-state index contributed by atoms with van der Waals surface area (Å²) in [5.74, 6) is 0.462. The molecule has 5 rings (SSSR count). The van der Waals surface area contributed by atoms with Crippen molar-refractivity contribution in [3.63, 3.8) is 0 Å². The van der Waals surface area contributed by atoms with Gasteiger partial charge in [-0.2, -0.15) is 0 Å². The maximum absolute atomic E-state index is 13.1. The summed E-state index contributed by atoms with van der Waals surface area (Å²) in [6.07, 6.45) is 3.89. The summed E-state index contributed by atoms with van der Waals surface area (Å²) < 4.78 is 20.9. The summed E-state index contributed by atoms with van der Waals surface area (Å²) in [6.45, 7) is 3.06. The molecule has 4 aromatic rings. The van der Waals surface area contributed by atoms with Crippen LogP contribution in [0.1, 0.15) is 16.1 Å². The van der Waals surface area contributed by atoms with Crippen LogP contribution in [-0.2, 0) is 6.61 Å². The summed E-state index contributed by atoms with van der Waals surface area (Å²) in [5.41, 5.74) is 3.34. The lowest BCUT2D eigenvalue weighted by Gasteiger charge is -2.36. The molecule has 7 heteroatoms. The van der Waals surface area contributed by atoms with Gasteiger partial charge in [0.05, 0.1) is 5.69 Å². The highest BCUT2D eigenvalue weighted by Gasteiger charge is 2.22. The number of imidazole rings is 1. The highest BCUT2D eigenvalue weighted by atomic mass is 19.1. The van der Waals surface area contributed by atoms with Gasteiger partial charge in [-0.1, -0.05) is 6.07 Å². The minimum absolute atomic E-state index is 0.00987. The van der Waals surface area contributed by atoms with Crippen LogP contribution in [0.4, 0.5) is 10.1 Å². The number of hydrogen-bond donors (Lipinski definition) is 0. The molecule has 2 aromatic carbocycles. The van der Waals surface area contributed by atoms with Crippen LogP contribution in [0.2, 0.25) is 0 Å². The van der Waals surface area contributed by atoms with E-state index in [9.17, 15) is 9.18 Å².